The molecule has 2 aromatic rings. The topological polar surface area (TPSA) is 70.6 Å². The van der Waals surface area contributed by atoms with Crippen molar-refractivity contribution in [2.24, 2.45) is 0 Å². The third-order valence-corrected chi connectivity index (χ3v) is 4.51. The fourth-order valence-corrected chi connectivity index (χ4v) is 3.04. The number of aromatic nitrogens is 2. The number of carbonyl (C=O) groups excluding carboxylic acids is 1. The van der Waals surface area contributed by atoms with Gasteiger partial charge in [-0.2, -0.15) is 0 Å². The SMILES string of the molecule is COc1cccc(NC(=O)CN(C)C2CN(c3cc(C)nc(C)n3)C2)c1. The normalized spacial score (nSPS) is 14.3. The van der Waals surface area contributed by atoms with Gasteiger partial charge in [0.2, 0.25) is 5.91 Å². The van der Waals surface area contributed by atoms with Gasteiger partial charge in [-0.25, -0.2) is 9.97 Å². The Balaban J connectivity index is 1.50. The maximum absolute atomic E-state index is 12.3. The Hall–Kier alpha value is -2.67. The first kappa shape index (κ1) is 18.1. The number of nitrogens with one attached hydrogen (secondary N) is 1. The van der Waals surface area contributed by atoms with Gasteiger partial charge in [-0.1, -0.05) is 6.07 Å². The Morgan fingerprint density at radius 2 is 2.08 bits per heavy atom. The van der Waals surface area contributed by atoms with Crippen LogP contribution in [0.2, 0.25) is 0 Å². The summed E-state index contributed by atoms with van der Waals surface area (Å²) in [5.41, 5.74) is 1.71. The molecular formula is C19H25N5O2. The largest absolute Gasteiger partial charge is 0.497 e. The molecule has 0 spiro atoms. The van der Waals surface area contributed by atoms with Crippen molar-refractivity contribution in [1.29, 1.82) is 0 Å². The summed E-state index contributed by atoms with van der Waals surface area (Å²) < 4.78 is 5.18. The van der Waals surface area contributed by atoms with E-state index in [1.165, 1.54) is 0 Å². The monoisotopic (exact) mass is 355 g/mol. The number of ether oxygens (including phenoxy) is 1. The van der Waals surface area contributed by atoms with Gasteiger partial charge >= 0.3 is 0 Å². The molecule has 1 amide bonds. The highest BCUT2D eigenvalue weighted by Gasteiger charge is 2.31. The minimum absolute atomic E-state index is 0.0343. The minimum atomic E-state index is -0.0343. The molecule has 0 saturated carbocycles. The molecule has 0 unspecified atom stereocenters. The number of carbonyl (C=O) groups is 1. The third kappa shape index (κ3) is 4.29. The zero-order valence-electron chi connectivity index (χ0n) is 15.7. The van der Waals surface area contributed by atoms with Gasteiger partial charge in [-0.05, 0) is 33.0 Å². The zero-order chi connectivity index (χ0) is 18.7. The number of benzene rings is 1. The van der Waals surface area contributed by atoms with E-state index in [-0.39, 0.29) is 5.91 Å². The second kappa shape index (κ2) is 7.70. The van der Waals surface area contributed by atoms with Gasteiger partial charge in [0, 0.05) is 42.6 Å². The Labute approximate surface area is 154 Å². The lowest BCUT2D eigenvalue weighted by atomic mass is 10.1. The summed E-state index contributed by atoms with van der Waals surface area (Å²) in [6.45, 7) is 5.95. The van der Waals surface area contributed by atoms with E-state index in [2.05, 4.69) is 25.1 Å². The van der Waals surface area contributed by atoms with Crippen LogP contribution in [0, 0.1) is 13.8 Å². The van der Waals surface area contributed by atoms with Crippen LogP contribution in [0.1, 0.15) is 11.5 Å². The average molecular weight is 355 g/mol. The van der Waals surface area contributed by atoms with Crippen molar-refractivity contribution in [3.8, 4) is 5.75 Å². The summed E-state index contributed by atoms with van der Waals surface area (Å²) in [7, 11) is 3.58. The third-order valence-electron chi connectivity index (χ3n) is 4.51. The van der Waals surface area contributed by atoms with Crippen molar-refractivity contribution in [3.63, 3.8) is 0 Å². The van der Waals surface area contributed by atoms with Crippen LogP contribution in [0.4, 0.5) is 11.5 Å². The van der Waals surface area contributed by atoms with E-state index in [0.29, 0.717) is 12.6 Å². The number of anilines is 2. The van der Waals surface area contributed by atoms with E-state index in [4.69, 9.17) is 4.74 Å². The number of hydrogen-bond donors (Lipinski definition) is 1. The van der Waals surface area contributed by atoms with Crippen LogP contribution < -0.4 is 15.0 Å². The van der Waals surface area contributed by atoms with Crippen molar-refractivity contribution in [1.82, 2.24) is 14.9 Å². The Morgan fingerprint density at radius 3 is 2.77 bits per heavy atom. The van der Waals surface area contributed by atoms with Gasteiger partial charge in [-0.3, -0.25) is 9.69 Å². The van der Waals surface area contributed by atoms with Crippen LogP contribution in [0.25, 0.3) is 0 Å². The summed E-state index contributed by atoms with van der Waals surface area (Å²) in [6, 6.07) is 9.70. The van der Waals surface area contributed by atoms with E-state index in [9.17, 15) is 4.79 Å². The molecule has 0 atom stereocenters. The van der Waals surface area contributed by atoms with E-state index in [1.54, 1.807) is 7.11 Å². The Kier molecular flexibility index (Phi) is 5.37. The fourth-order valence-electron chi connectivity index (χ4n) is 3.04. The summed E-state index contributed by atoms with van der Waals surface area (Å²) in [6.07, 6.45) is 0. The maximum Gasteiger partial charge on any atom is 0.238 e. The lowest BCUT2D eigenvalue weighted by Crippen LogP contribution is -2.59. The molecule has 0 radical (unpaired) electrons. The zero-order valence-corrected chi connectivity index (χ0v) is 15.7. The fraction of sp³-hybridized carbons (Fsp3) is 0.421. The lowest BCUT2D eigenvalue weighted by molar-refractivity contribution is -0.117. The summed E-state index contributed by atoms with van der Waals surface area (Å²) in [5.74, 6) is 2.43. The van der Waals surface area contributed by atoms with Crippen molar-refractivity contribution in [2.75, 3.05) is 44.0 Å². The first-order chi connectivity index (χ1) is 12.4. The molecule has 1 aromatic heterocycles. The molecule has 1 aliphatic heterocycles. The number of nitrogens with zero attached hydrogens (tertiary/aromatic N) is 4. The van der Waals surface area contributed by atoms with Gasteiger partial charge in [0.15, 0.2) is 0 Å². The van der Waals surface area contributed by atoms with Crippen molar-refractivity contribution >= 4 is 17.4 Å². The van der Waals surface area contributed by atoms with Gasteiger partial charge in [-0.15, -0.1) is 0 Å². The van der Waals surface area contributed by atoms with Crippen LogP contribution in [-0.4, -0.2) is 60.6 Å². The van der Waals surface area contributed by atoms with Crippen molar-refractivity contribution < 1.29 is 9.53 Å². The van der Waals surface area contributed by atoms with Crippen LogP contribution >= 0.6 is 0 Å². The highest BCUT2D eigenvalue weighted by Crippen LogP contribution is 2.22. The first-order valence-electron chi connectivity index (χ1n) is 8.66. The van der Waals surface area contributed by atoms with E-state index in [1.807, 2.05) is 51.2 Å². The summed E-state index contributed by atoms with van der Waals surface area (Å²) >= 11 is 0. The molecular weight excluding hydrogens is 330 g/mol. The number of amides is 1. The molecule has 7 nitrogen and oxygen atoms in total. The van der Waals surface area contributed by atoms with Crippen molar-refractivity contribution in [2.45, 2.75) is 19.9 Å². The van der Waals surface area contributed by atoms with Crippen LogP contribution in [0.15, 0.2) is 30.3 Å². The highest BCUT2D eigenvalue weighted by molar-refractivity contribution is 5.92. The number of methoxy groups -OCH3 is 1. The van der Waals surface area contributed by atoms with Gasteiger partial charge in [0.05, 0.1) is 13.7 Å². The number of aryl methyl sites for hydroxylation is 2. The summed E-state index contributed by atoms with van der Waals surface area (Å²) in [4.78, 5) is 25.4. The molecule has 1 aliphatic rings. The lowest BCUT2D eigenvalue weighted by Gasteiger charge is -2.44. The minimum Gasteiger partial charge on any atom is -0.497 e. The second-order valence-corrected chi connectivity index (χ2v) is 6.67. The van der Waals surface area contributed by atoms with Crippen LogP contribution in [-0.2, 0) is 4.79 Å². The molecule has 3 rings (SSSR count). The Morgan fingerprint density at radius 1 is 1.31 bits per heavy atom. The van der Waals surface area contributed by atoms with Crippen molar-refractivity contribution in [3.05, 3.63) is 41.9 Å². The molecule has 0 bridgehead atoms. The molecule has 26 heavy (non-hydrogen) atoms. The van der Waals surface area contributed by atoms with Crippen LogP contribution in [0.5, 0.6) is 5.75 Å². The maximum atomic E-state index is 12.3. The number of rotatable bonds is 6. The molecule has 1 fully saturated rings. The van der Waals surface area contributed by atoms with Gasteiger partial charge < -0.3 is 15.0 Å². The molecule has 1 N–H and O–H groups in total. The molecule has 1 aromatic carbocycles. The van der Waals surface area contributed by atoms with E-state index < -0.39 is 0 Å². The number of likely N-dealkylation sites (N-methyl/N-ethyl adjacent to an activating group) is 1. The average Bonchev–Trinajstić information content (AvgIpc) is 2.52. The van der Waals surface area contributed by atoms with E-state index in [0.717, 1.165) is 41.9 Å². The van der Waals surface area contributed by atoms with Gasteiger partial charge in [0.25, 0.3) is 0 Å². The standard InChI is InChI=1S/C19H25N5O2/c1-13-8-18(21-14(2)20-13)24-10-16(11-24)23(3)12-19(25)22-15-6-5-7-17(9-15)26-4/h5-9,16H,10-12H2,1-4H3,(H,22,25). The second-order valence-electron chi connectivity index (χ2n) is 6.67. The molecule has 0 aliphatic carbocycles. The molecule has 7 heteroatoms. The summed E-state index contributed by atoms with van der Waals surface area (Å²) in [5, 5.41) is 2.91. The Bertz CT molecular complexity index is 769. The quantitative estimate of drug-likeness (QED) is 0.853. The molecule has 1 saturated heterocycles. The predicted molar refractivity (Wildman–Crippen MR) is 102 cm³/mol. The van der Waals surface area contributed by atoms with E-state index >= 15 is 0 Å². The highest BCUT2D eigenvalue weighted by atomic mass is 16.5. The van der Waals surface area contributed by atoms with Gasteiger partial charge in [0.1, 0.15) is 17.4 Å². The molecule has 2 heterocycles. The smallest absolute Gasteiger partial charge is 0.238 e. The number of hydrogen-bond acceptors (Lipinski definition) is 6. The first-order valence-corrected chi connectivity index (χ1v) is 8.66. The molecule has 138 valence electrons. The predicted octanol–water partition coefficient (Wildman–Crippen LogP) is 1.86. The van der Waals surface area contributed by atoms with Crippen LogP contribution in [0.3, 0.4) is 0 Å².